The van der Waals surface area contributed by atoms with Gasteiger partial charge in [-0.1, -0.05) is 72.8 Å². The number of carbonyl (C=O) groups is 1. The molecule has 0 atom stereocenters. The van der Waals surface area contributed by atoms with Crippen LogP contribution < -0.4 is 0 Å². The van der Waals surface area contributed by atoms with Crippen molar-refractivity contribution in [3.05, 3.63) is 107 Å². The maximum absolute atomic E-state index is 13.3. The molecule has 3 rings (SSSR count). The van der Waals surface area contributed by atoms with E-state index in [0.29, 0.717) is 16.7 Å². The van der Waals surface area contributed by atoms with Crippen molar-refractivity contribution in [1.29, 1.82) is 0 Å². The summed E-state index contributed by atoms with van der Waals surface area (Å²) in [6, 6.07) is 21.8. The van der Waals surface area contributed by atoms with Gasteiger partial charge in [0.1, 0.15) is 0 Å². The largest absolute Gasteiger partial charge is 0.416 e. The van der Waals surface area contributed by atoms with Gasteiger partial charge >= 0.3 is 6.18 Å². The Morgan fingerprint density at radius 2 is 1.24 bits per heavy atom. The fourth-order valence-electron chi connectivity index (χ4n) is 3.19. The molecule has 0 saturated carbocycles. The van der Waals surface area contributed by atoms with Gasteiger partial charge in [-0.05, 0) is 28.8 Å². The van der Waals surface area contributed by atoms with Crippen LogP contribution in [0.3, 0.4) is 0 Å². The highest BCUT2D eigenvalue weighted by Gasteiger charge is 2.41. The molecule has 150 valence electrons. The van der Waals surface area contributed by atoms with E-state index in [1.165, 1.54) is 24.1 Å². The van der Waals surface area contributed by atoms with E-state index in [4.69, 9.17) is 0 Å². The second-order valence-electron chi connectivity index (χ2n) is 6.80. The Kier molecular flexibility index (Phi) is 5.75. The van der Waals surface area contributed by atoms with Gasteiger partial charge in [-0.15, -0.1) is 0 Å². The van der Waals surface area contributed by atoms with Crippen molar-refractivity contribution in [3.63, 3.8) is 0 Å². The Morgan fingerprint density at radius 1 is 0.793 bits per heavy atom. The smallest absolute Gasteiger partial charge is 0.372 e. The molecule has 0 aliphatic rings. The molecule has 3 aromatic carbocycles. The molecule has 3 nitrogen and oxygen atoms in total. The number of amides is 1. The molecule has 0 radical (unpaired) electrons. The number of likely N-dealkylation sites (N-methyl/N-ethyl adjacent to an activating group) is 1. The zero-order chi connectivity index (χ0) is 21.1. The van der Waals surface area contributed by atoms with Crippen LogP contribution in [0.25, 0.3) is 0 Å². The van der Waals surface area contributed by atoms with Crippen LogP contribution in [0, 0.1) is 0 Å². The second-order valence-corrected chi connectivity index (χ2v) is 6.80. The zero-order valence-electron chi connectivity index (χ0n) is 15.7. The van der Waals surface area contributed by atoms with E-state index in [-0.39, 0.29) is 6.54 Å². The summed E-state index contributed by atoms with van der Waals surface area (Å²) in [7, 11) is 1.51. The summed E-state index contributed by atoms with van der Waals surface area (Å²) < 4.78 is 38.2. The average molecular weight is 399 g/mol. The molecule has 29 heavy (non-hydrogen) atoms. The van der Waals surface area contributed by atoms with E-state index < -0.39 is 23.2 Å². The van der Waals surface area contributed by atoms with Crippen LogP contribution in [0.1, 0.15) is 22.3 Å². The number of rotatable bonds is 5. The molecule has 0 unspecified atom stereocenters. The standard InChI is InChI=1S/C23H20F3NO2/c1-27(16-17-12-14-20(15-13-17)23(24,25)26)21(28)22(29,18-8-4-2-5-9-18)19-10-6-3-7-11-19/h2-15,29H,16H2,1H3. The number of nitrogens with zero attached hydrogens (tertiary/aromatic N) is 1. The Hall–Kier alpha value is -3.12. The van der Waals surface area contributed by atoms with Crippen LogP contribution >= 0.6 is 0 Å². The first kappa shape index (κ1) is 20.6. The highest BCUT2D eigenvalue weighted by molar-refractivity contribution is 5.90. The maximum Gasteiger partial charge on any atom is 0.416 e. The molecule has 0 aliphatic carbocycles. The highest BCUT2D eigenvalue weighted by Crippen LogP contribution is 2.32. The summed E-state index contributed by atoms with van der Waals surface area (Å²) in [4.78, 5) is 14.6. The first-order valence-electron chi connectivity index (χ1n) is 8.98. The van der Waals surface area contributed by atoms with Crippen LogP contribution in [0.5, 0.6) is 0 Å². The van der Waals surface area contributed by atoms with Gasteiger partial charge in [0.15, 0.2) is 5.60 Å². The van der Waals surface area contributed by atoms with Gasteiger partial charge in [0.25, 0.3) is 5.91 Å². The maximum atomic E-state index is 13.3. The molecule has 0 spiro atoms. The lowest BCUT2D eigenvalue weighted by molar-refractivity contribution is -0.147. The van der Waals surface area contributed by atoms with Crippen LogP contribution in [-0.2, 0) is 23.1 Å². The third-order valence-corrected chi connectivity index (χ3v) is 4.74. The fourth-order valence-corrected chi connectivity index (χ4v) is 3.19. The molecule has 6 heteroatoms. The number of carbonyl (C=O) groups excluding carboxylic acids is 1. The van der Waals surface area contributed by atoms with Crippen LogP contribution in [0.15, 0.2) is 84.9 Å². The quantitative estimate of drug-likeness (QED) is 0.681. The van der Waals surface area contributed by atoms with Gasteiger partial charge in [-0.2, -0.15) is 13.2 Å². The Balaban J connectivity index is 1.90. The van der Waals surface area contributed by atoms with Gasteiger partial charge in [-0.25, -0.2) is 0 Å². The first-order valence-corrected chi connectivity index (χ1v) is 8.98. The van der Waals surface area contributed by atoms with E-state index in [0.717, 1.165) is 12.1 Å². The lowest BCUT2D eigenvalue weighted by Crippen LogP contribution is -2.45. The number of benzene rings is 3. The van der Waals surface area contributed by atoms with Gasteiger partial charge in [0.2, 0.25) is 0 Å². The predicted molar refractivity (Wildman–Crippen MR) is 104 cm³/mol. The van der Waals surface area contributed by atoms with E-state index in [9.17, 15) is 23.1 Å². The fraction of sp³-hybridized carbons (Fsp3) is 0.174. The van der Waals surface area contributed by atoms with Crippen molar-refractivity contribution in [2.75, 3.05) is 7.05 Å². The number of alkyl halides is 3. The summed E-state index contributed by atoms with van der Waals surface area (Å²) in [5, 5.41) is 11.5. The number of aliphatic hydroxyl groups is 1. The molecule has 0 fully saturated rings. The number of hydrogen-bond acceptors (Lipinski definition) is 2. The highest BCUT2D eigenvalue weighted by atomic mass is 19.4. The monoisotopic (exact) mass is 399 g/mol. The van der Waals surface area contributed by atoms with E-state index >= 15 is 0 Å². The van der Waals surface area contributed by atoms with Gasteiger partial charge in [0.05, 0.1) is 5.56 Å². The average Bonchev–Trinajstić information content (AvgIpc) is 2.73. The van der Waals surface area contributed by atoms with Crippen LogP contribution in [-0.4, -0.2) is 23.0 Å². The Labute approximate surface area is 167 Å². The van der Waals surface area contributed by atoms with Crippen molar-refractivity contribution in [1.82, 2.24) is 4.90 Å². The van der Waals surface area contributed by atoms with Crippen molar-refractivity contribution in [2.24, 2.45) is 0 Å². The van der Waals surface area contributed by atoms with E-state index in [1.807, 2.05) is 0 Å². The topological polar surface area (TPSA) is 40.5 Å². The van der Waals surface area contributed by atoms with Gasteiger partial charge < -0.3 is 10.0 Å². The molecule has 1 amide bonds. The van der Waals surface area contributed by atoms with Crippen molar-refractivity contribution >= 4 is 5.91 Å². The number of halogens is 3. The van der Waals surface area contributed by atoms with Crippen molar-refractivity contribution in [3.8, 4) is 0 Å². The SMILES string of the molecule is CN(Cc1ccc(C(F)(F)F)cc1)C(=O)C(O)(c1ccccc1)c1ccccc1. The van der Waals surface area contributed by atoms with Crippen molar-refractivity contribution < 1.29 is 23.1 Å². The molecular weight excluding hydrogens is 379 g/mol. The zero-order valence-corrected chi connectivity index (χ0v) is 15.7. The summed E-state index contributed by atoms with van der Waals surface area (Å²) in [5.74, 6) is -0.574. The van der Waals surface area contributed by atoms with Crippen LogP contribution in [0.4, 0.5) is 13.2 Å². The predicted octanol–water partition coefficient (Wildman–Crippen LogP) is 4.60. The molecule has 0 aliphatic heterocycles. The molecule has 0 aromatic heterocycles. The van der Waals surface area contributed by atoms with Gasteiger partial charge in [0, 0.05) is 13.6 Å². The molecule has 0 bridgehead atoms. The number of hydrogen-bond donors (Lipinski definition) is 1. The summed E-state index contributed by atoms with van der Waals surface area (Å²) in [6.45, 7) is 0.0545. The van der Waals surface area contributed by atoms with E-state index in [2.05, 4.69) is 0 Å². The lowest BCUT2D eigenvalue weighted by Gasteiger charge is -2.32. The Bertz CT molecular complexity index is 915. The molecule has 3 aromatic rings. The third-order valence-electron chi connectivity index (χ3n) is 4.74. The van der Waals surface area contributed by atoms with Gasteiger partial charge in [-0.3, -0.25) is 4.79 Å². The molecule has 1 N–H and O–H groups in total. The van der Waals surface area contributed by atoms with Crippen LogP contribution in [0.2, 0.25) is 0 Å². The van der Waals surface area contributed by atoms with Crippen molar-refractivity contribution in [2.45, 2.75) is 18.3 Å². The molecule has 0 saturated heterocycles. The summed E-state index contributed by atoms with van der Waals surface area (Å²) >= 11 is 0. The molecular formula is C23H20F3NO2. The third kappa shape index (κ3) is 4.32. The van der Waals surface area contributed by atoms with E-state index in [1.54, 1.807) is 60.7 Å². The first-order chi connectivity index (χ1) is 13.7. The lowest BCUT2D eigenvalue weighted by atomic mass is 9.85. The normalized spacial score (nSPS) is 11.9. The summed E-state index contributed by atoms with van der Waals surface area (Å²) in [5.41, 5.74) is -1.31. The molecule has 0 heterocycles. The minimum absolute atomic E-state index is 0.0545. The minimum atomic E-state index is -4.42. The Morgan fingerprint density at radius 3 is 1.66 bits per heavy atom. The summed E-state index contributed by atoms with van der Waals surface area (Å²) in [6.07, 6.45) is -4.42. The minimum Gasteiger partial charge on any atom is -0.372 e. The second kappa shape index (κ2) is 8.09.